The van der Waals surface area contributed by atoms with Crippen LogP contribution in [0, 0.1) is 0 Å². The molecule has 1 aliphatic rings. The molecular formula is C14H21NO3. The van der Waals surface area contributed by atoms with Gasteiger partial charge in [0.25, 0.3) is 0 Å². The molecular weight excluding hydrogens is 230 g/mol. The second-order valence-electron chi connectivity index (χ2n) is 4.42. The molecule has 2 N–H and O–H groups in total. The summed E-state index contributed by atoms with van der Waals surface area (Å²) in [5, 5.41) is 0. The summed E-state index contributed by atoms with van der Waals surface area (Å²) in [7, 11) is 1.64. The number of hydrogen-bond donors (Lipinski definition) is 1. The van der Waals surface area contributed by atoms with Crippen LogP contribution in [-0.2, 0) is 11.3 Å². The topological polar surface area (TPSA) is 53.7 Å². The third-order valence-electron chi connectivity index (χ3n) is 3.21. The Morgan fingerprint density at radius 1 is 1.44 bits per heavy atom. The molecule has 1 saturated heterocycles. The van der Waals surface area contributed by atoms with Crippen molar-refractivity contribution in [3.63, 3.8) is 0 Å². The Morgan fingerprint density at radius 3 is 3.00 bits per heavy atom. The molecule has 0 spiro atoms. The molecule has 1 aromatic rings. The molecule has 0 aromatic heterocycles. The fourth-order valence-electron chi connectivity index (χ4n) is 2.21. The molecule has 0 saturated carbocycles. The summed E-state index contributed by atoms with van der Waals surface area (Å²) >= 11 is 0. The average Bonchev–Trinajstić information content (AvgIpc) is 2.92. The smallest absolute Gasteiger partial charge is 0.165 e. The first-order chi connectivity index (χ1) is 8.85. The number of nitrogens with two attached hydrogens (primary N) is 1. The van der Waals surface area contributed by atoms with E-state index in [1.807, 2.05) is 18.2 Å². The second-order valence-corrected chi connectivity index (χ2v) is 4.42. The standard InChI is InChI=1S/C14H21NO3/c1-16-13-6-2-4-11(10-15)14(13)18-9-7-12-5-3-8-17-12/h2,4,6,12H,3,5,7-10,15H2,1H3. The lowest BCUT2D eigenvalue weighted by Crippen LogP contribution is -2.12. The highest BCUT2D eigenvalue weighted by Crippen LogP contribution is 2.31. The monoisotopic (exact) mass is 251 g/mol. The van der Waals surface area contributed by atoms with E-state index in [0.717, 1.165) is 42.9 Å². The second kappa shape index (κ2) is 6.61. The van der Waals surface area contributed by atoms with Crippen molar-refractivity contribution in [3.8, 4) is 11.5 Å². The van der Waals surface area contributed by atoms with E-state index >= 15 is 0 Å². The summed E-state index contributed by atoms with van der Waals surface area (Å²) in [5.74, 6) is 1.51. The Labute approximate surface area is 108 Å². The van der Waals surface area contributed by atoms with Crippen LogP contribution in [0.15, 0.2) is 18.2 Å². The van der Waals surface area contributed by atoms with Crippen LogP contribution in [0.5, 0.6) is 11.5 Å². The molecule has 1 unspecified atom stereocenters. The molecule has 0 bridgehead atoms. The predicted molar refractivity (Wildman–Crippen MR) is 70.0 cm³/mol. The molecule has 1 aromatic carbocycles. The number of benzene rings is 1. The molecule has 4 nitrogen and oxygen atoms in total. The number of ether oxygens (including phenoxy) is 3. The van der Waals surface area contributed by atoms with Crippen LogP contribution < -0.4 is 15.2 Å². The Balaban J connectivity index is 1.94. The van der Waals surface area contributed by atoms with Gasteiger partial charge in [0.2, 0.25) is 0 Å². The van der Waals surface area contributed by atoms with E-state index in [1.165, 1.54) is 0 Å². The van der Waals surface area contributed by atoms with E-state index < -0.39 is 0 Å². The van der Waals surface area contributed by atoms with Crippen molar-refractivity contribution in [1.82, 2.24) is 0 Å². The summed E-state index contributed by atoms with van der Waals surface area (Å²) in [5.41, 5.74) is 6.68. The number of para-hydroxylation sites is 1. The van der Waals surface area contributed by atoms with Gasteiger partial charge in [-0.2, -0.15) is 0 Å². The van der Waals surface area contributed by atoms with Gasteiger partial charge >= 0.3 is 0 Å². The van der Waals surface area contributed by atoms with Crippen molar-refractivity contribution in [2.24, 2.45) is 5.73 Å². The largest absolute Gasteiger partial charge is 0.493 e. The fourth-order valence-corrected chi connectivity index (χ4v) is 2.21. The van der Waals surface area contributed by atoms with Crippen LogP contribution in [-0.4, -0.2) is 26.4 Å². The van der Waals surface area contributed by atoms with Crippen molar-refractivity contribution in [3.05, 3.63) is 23.8 Å². The molecule has 1 atom stereocenters. The van der Waals surface area contributed by atoms with Gasteiger partial charge in [-0.3, -0.25) is 0 Å². The molecule has 18 heavy (non-hydrogen) atoms. The van der Waals surface area contributed by atoms with E-state index in [-0.39, 0.29) is 0 Å². The minimum atomic E-state index is 0.348. The SMILES string of the molecule is COc1cccc(CN)c1OCCC1CCCO1. The van der Waals surface area contributed by atoms with Crippen molar-refractivity contribution in [2.45, 2.75) is 31.9 Å². The van der Waals surface area contributed by atoms with Crippen LogP contribution in [0.25, 0.3) is 0 Å². The highest BCUT2D eigenvalue weighted by Gasteiger charge is 2.16. The molecule has 1 aliphatic heterocycles. The van der Waals surface area contributed by atoms with E-state index in [1.54, 1.807) is 7.11 Å². The first-order valence-corrected chi connectivity index (χ1v) is 6.45. The number of hydrogen-bond acceptors (Lipinski definition) is 4. The van der Waals surface area contributed by atoms with Crippen LogP contribution in [0.2, 0.25) is 0 Å². The normalized spacial score (nSPS) is 18.9. The Kier molecular flexibility index (Phi) is 4.84. The summed E-state index contributed by atoms with van der Waals surface area (Å²) in [6.07, 6.45) is 3.56. The van der Waals surface area contributed by atoms with Gasteiger partial charge in [-0.15, -0.1) is 0 Å². The summed E-state index contributed by atoms with van der Waals surface area (Å²) in [6, 6.07) is 5.78. The first-order valence-electron chi connectivity index (χ1n) is 6.45. The molecule has 100 valence electrons. The van der Waals surface area contributed by atoms with E-state index in [0.29, 0.717) is 19.3 Å². The maximum Gasteiger partial charge on any atom is 0.165 e. The number of rotatable bonds is 6. The maximum atomic E-state index is 5.83. The van der Waals surface area contributed by atoms with Crippen LogP contribution in [0.1, 0.15) is 24.8 Å². The summed E-state index contributed by atoms with van der Waals surface area (Å²) in [6.45, 7) is 1.97. The average molecular weight is 251 g/mol. The van der Waals surface area contributed by atoms with Crippen molar-refractivity contribution >= 4 is 0 Å². The van der Waals surface area contributed by atoms with Gasteiger partial charge in [0.1, 0.15) is 0 Å². The third kappa shape index (κ3) is 3.15. The fraction of sp³-hybridized carbons (Fsp3) is 0.571. The zero-order chi connectivity index (χ0) is 12.8. The van der Waals surface area contributed by atoms with Crippen molar-refractivity contribution < 1.29 is 14.2 Å². The van der Waals surface area contributed by atoms with E-state index in [2.05, 4.69) is 0 Å². The van der Waals surface area contributed by atoms with Crippen LogP contribution in [0.4, 0.5) is 0 Å². The summed E-state index contributed by atoms with van der Waals surface area (Å²) < 4.78 is 16.7. The van der Waals surface area contributed by atoms with Gasteiger partial charge in [-0.05, 0) is 18.9 Å². The van der Waals surface area contributed by atoms with E-state index in [9.17, 15) is 0 Å². The minimum absolute atomic E-state index is 0.348. The highest BCUT2D eigenvalue weighted by atomic mass is 16.5. The Morgan fingerprint density at radius 2 is 2.33 bits per heavy atom. The lowest BCUT2D eigenvalue weighted by Gasteiger charge is -2.15. The van der Waals surface area contributed by atoms with Crippen LogP contribution in [0.3, 0.4) is 0 Å². The molecule has 0 aliphatic carbocycles. The van der Waals surface area contributed by atoms with Gasteiger partial charge in [0, 0.05) is 25.1 Å². The lowest BCUT2D eigenvalue weighted by molar-refractivity contribution is 0.0897. The Hall–Kier alpha value is -1.26. The highest BCUT2D eigenvalue weighted by molar-refractivity contribution is 5.46. The molecule has 0 radical (unpaired) electrons. The van der Waals surface area contributed by atoms with Gasteiger partial charge in [0.15, 0.2) is 11.5 Å². The number of methoxy groups -OCH3 is 1. The van der Waals surface area contributed by atoms with Gasteiger partial charge in [-0.25, -0.2) is 0 Å². The van der Waals surface area contributed by atoms with Crippen molar-refractivity contribution in [1.29, 1.82) is 0 Å². The van der Waals surface area contributed by atoms with Gasteiger partial charge in [-0.1, -0.05) is 12.1 Å². The zero-order valence-electron chi connectivity index (χ0n) is 10.9. The third-order valence-corrected chi connectivity index (χ3v) is 3.21. The first kappa shape index (κ1) is 13.2. The molecule has 4 heteroatoms. The molecule has 2 rings (SSSR count). The summed E-state index contributed by atoms with van der Waals surface area (Å²) in [4.78, 5) is 0. The Bertz CT molecular complexity index is 353. The molecule has 0 amide bonds. The predicted octanol–water partition coefficient (Wildman–Crippen LogP) is 2.10. The zero-order valence-corrected chi connectivity index (χ0v) is 10.9. The lowest BCUT2D eigenvalue weighted by atomic mass is 10.1. The quantitative estimate of drug-likeness (QED) is 0.841. The molecule has 1 fully saturated rings. The van der Waals surface area contributed by atoms with E-state index in [4.69, 9.17) is 19.9 Å². The van der Waals surface area contributed by atoms with Crippen molar-refractivity contribution in [2.75, 3.05) is 20.3 Å². The van der Waals surface area contributed by atoms with Gasteiger partial charge in [0.05, 0.1) is 19.8 Å². The molecule has 1 heterocycles. The maximum absolute atomic E-state index is 5.83. The van der Waals surface area contributed by atoms with Gasteiger partial charge < -0.3 is 19.9 Å². The van der Waals surface area contributed by atoms with Crippen LogP contribution >= 0.6 is 0 Å². The minimum Gasteiger partial charge on any atom is -0.493 e.